The first-order chi connectivity index (χ1) is 16.2. The van der Waals surface area contributed by atoms with Crippen LogP contribution in [-0.2, 0) is 4.79 Å². The van der Waals surface area contributed by atoms with E-state index in [9.17, 15) is 23.1 Å². The molecular weight excluding hydrogens is 473 g/mol. The molecule has 4 rings (SSSR count). The minimum Gasteiger partial charge on any atom is -0.504 e. The molecule has 1 amide bonds. The summed E-state index contributed by atoms with van der Waals surface area (Å²) in [5.74, 6) is -1.59. The van der Waals surface area contributed by atoms with Crippen molar-refractivity contribution in [2.75, 3.05) is 25.5 Å². The van der Waals surface area contributed by atoms with Gasteiger partial charge in [0.1, 0.15) is 29.2 Å². The molecule has 0 saturated carbocycles. The first-order valence-electron chi connectivity index (χ1n) is 10.2. The van der Waals surface area contributed by atoms with E-state index in [1.165, 1.54) is 42.6 Å². The van der Waals surface area contributed by atoms with Crippen LogP contribution >= 0.6 is 11.6 Å². The molecule has 0 spiro atoms. The molecule has 3 aromatic rings. The number of aromatic nitrogens is 2. The molecule has 2 aromatic carbocycles. The van der Waals surface area contributed by atoms with E-state index in [0.717, 1.165) is 12.5 Å². The number of carbonyl (C=O) groups excluding carboxylic acids is 1. The summed E-state index contributed by atoms with van der Waals surface area (Å²) in [5, 5.41) is 12.4. The number of alkyl halides is 1. The van der Waals surface area contributed by atoms with Gasteiger partial charge in [-0.2, -0.15) is 0 Å². The molecule has 0 radical (unpaired) electrons. The Morgan fingerprint density at radius 2 is 2.12 bits per heavy atom. The van der Waals surface area contributed by atoms with Crippen molar-refractivity contribution in [3.63, 3.8) is 0 Å². The number of amides is 1. The molecule has 0 aliphatic carbocycles. The zero-order valence-electron chi connectivity index (χ0n) is 18.2. The van der Waals surface area contributed by atoms with Crippen molar-refractivity contribution in [1.82, 2.24) is 14.9 Å². The third-order valence-corrected chi connectivity index (χ3v) is 5.42. The van der Waals surface area contributed by atoms with Crippen molar-refractivity contribution >= 4 is 39.9 Å². The Morgan fingerprint density at radius 3 is 2.79 bits per heavy atom. The number of ether oxygens (including phenoxy) is 1. The quantitative estimate of drug-likeness (QED) is 0.385. The number of fused-ring (bicyclic) bond motifs is 1. The van der Waals surface area contributed by atoms with Crippen LogP contribution in [0.1, 0.15) is 12.8 Å². The van der Waals surface area contributed by atoms with Crippen LogP contribution in [0.25, 0.3) is 10.9 Å². The number of likely N-dealkylation sites (tertiary alicyclic amines) is 1. The molecule has 1 fully saturated rings. The molecule has 2 heterocycles. The number of hydrogen-bond donors (Lipinski definition) is 2. The Bertz CT molecular complexity index is 1210. The number of aromatic hydroxyl groups is 1. The Balaban J connectivity index is 0.000000248. The molecule has 0 bridgehead atoms. The van der Waals surface area contributed by atoms with Gasteiger partial charge in [-0.25, -0.2) is 23.1 Å². The minimum absolute atomic E-state index is 0.0493. The summed E-state index contributed by atoms with van der Waals surface area (Å²) in [5.41, 5.74) is 0.428. The lowest BCUT2D eigenvalue weighted by molar-refractivity contribution is -0.128. The number of nitrogens with one attached hydrogen (secondary N) is 1. The molecule has 1 atom stereocenters. The van der Waals surface area contributed by atoms with Gasteiger partial charge in [0.15, 0.2) is 17.3 Å². The van der Waals surface area contributed by atoms with Crippen LogP contribution in [0.3, 0.4) is 0 Å². The van der Waals surface area contributed by atoms with E-state index in [2.05, 4.69) is 21.9 Å². The monoisotopic (exact) mass is 494 g/mol. The number of anilines is 2. The zero-order valence-corrected chi connectivity index (χ0v) is 19.0. The minimum atomic E-state index is -0.934. The van der Waals surface area contributed by atoms with Crippen molar-refractivity contribution in [2.45, 2.75) is 19.0 Å². The molecule has 1 saturated heterocycles. The second kappa shape index (κ2) is 11.1. The van der Waals surface area contributed by atoms with Gasteiger partial charge < -0.3 is 20.1 Å². The predicted octanol–water partition coefficient (Wildman–Crippen LogP) is 5.15. The van der Waals surface area contributed by atoms with Gasteiger partial charge in [0.25, 0.3) is 0 Å². The molecule has 1 aromatic heterocycles. The molecule has 11 heteroatoms. The van der Waals surface area contributed by atoms with Crippen LogP contribution in [-0.4, -0.2) is 52.3 Å². The summed E-state index contributed by atoms with van der Waals surface area (Å²) in [7, 11) is 1.41. The summed E-state index contributed by atoms with van der Waals surface area (Å²) >= 11 is 5.55. The summed E-state index contributed by atoms with van der Waals surface area (Å²) in [6.07, 6.45) is 3.01. The third-order valence-electron chi connectivity index (χ3n) is 5.07. The first-order valence-corrected chi connectivity index (χ1v) is 10.6. The lowest BCUT2D eigenvalue weighted by atomic mass is 10.1. The van der Waals surface area contributed by atoms with Gasteiger partial charge in [0.05, 0.1) is 24.9 Å². The van der Waals surface area contributed by atoms with Crippen molar-refractivity contribution in [3.8, 4) is 11.5 Å². The average molecular weight is 495 g/mol. The number of nitrogens with zero attached hydrogens (tertiary/aromatic N) is 3. The summed E-state index contributed by atoms with van der Waals surface area (Å²) in [4.78, 5) is 20.5. The van der Waals surface area contributed by atoms with Crippen LogP contribution in [0.15, 0.2) is 43.2 Å². The van der Waals surface area contributed by atoms with Crippen LogP contribution in [0.5, 0.6) is 11.5 Å². The van der Waals surface area contributed by atoms with E-state index >= 15 is 0 Å². The van der Waals surface area contributed by atoms with Gasteiger partial charge in [-0.3, -0.25) is 4.79 Å². The van der Waals surface area contributed by atoms with E-state index in [4.69, 9.17) is 16.3 Å². The standard InChI is InChI=1S/C15H10ClF2N3O2.C8H12FNO/c1-23-12-5-10-7(4-11(12)22)15(20-6-19-10)21-9-3-2-8(17)13(16)14(9)18;1-2-8(11)10-5-3-4-7(9)6-10/h2-6,22H,1H3,(H,19,20,21);2,7H,1,3-6H2. The van der Waals surface area contributed by atoms with E-state index < -0.39 is 22.8 Å². The van der Waals surface area contributed by atoms with Crippen molar-refractivity contribution in [2.24, 2.45) is 0 Å². The normalized spacial score (nSPS) is 15.3. The maximum absolute atomic E-state index is 14.0. The summed E-state index contributed by atoms with van der Waals surface area (Å²) in [6.45, 7) is 4.26. The average Bonchev–Trinajstić information content (AvgIpc) is 2.84. The summed E-state index contributed by atoms with van der Waals surface area (Å²) in [6, 6.07) is 5.15. The lowest BCUT2D eigenvalue weighted by Gasteiger charge is -2.27. The lowest BCUT2D eigenvalue weighted by Crippen LogP contribution is -2.39. The number of hydrogen-bond acceptors (Lipinski definition) is 6. The van der Waals surface area contributed by atoms with Gasteiger partial charge in [0.2, 0.25) is 5.91 Å². The molecule has 1 unspecified atom stereocenters. The number of phenols is 1. The number of piperidine rings is 1. The second-order valence-corrected chi connectivity index (χ2v) is 7.72. The number of methoxy groups -OCH3 is 1. The maximum atomic E-state index is 14.0. The van der Waals surface area contributed by atoms with Crippen LogP contribution in [0, 0.1) is 11.6 Å². The van der Waals surface area contributed by atoms with Crippen molar-refractivity contribution in [1.29, 1.82) is 0 Å². The third kappa shape index (κ3) is 5.69. The molecule has 1 aliphatic heterocycles. The Hall–Kier alpha value is -3.53. The smallest absolute Gasteiger partial charge is 0.246 e. The number of rotatable bonds is 4. The Morgan fingerprint density at radius 1 is 1.35 bits per heavy atom. The fourth-order valence-electron chi connectivity index (χ4n) is 3.34. The Kier molecular flexibility index (Phi) is 8.17. The fourth-order valence-corrected chi connectivity index (χ4v) is 3.50. The highest BCUT2D eigenvalue weighted by Gasteiger charge is 2.21. The molecule has 180 valence electrons. The highest BCUT2D eigenvalue weighted by Crippen LogP contribution is 2.34. The largest absolute Gasteiger partial charge is 0.504 e. The molecule has 34 heavy (non-hydrogen) atoms. The van der Waals surface area contributed by atoms with Crippen molar-refractivity contribution < 1.29 is 27.8 Å². The number of benzene rings is 2. The molecular formula is C23H22ClF3N4O3. The molecule has 7 nitrogen and oxygen atoms in total. The zero-order chi connectivity index (χ0) is 24.8. The number of carbonyl (C=O) groups is 1. The highest BCUT2D eigenvalue weighted by molar-refractivity contribution is 6.31. The predicted molar refractivity (Wildman–Crippen MR) is 123 cm³/mol. The van der Waals surface area contributed by atoms with Gasteiger partial charge in [0, 0.05) is 18.0 Å². The van der Waals surface area contributed by atoms with Gasteiger partial charge in [-0.15, -0.1) is 0 Å². The Labute approximate surface area is 198 Å². The van der Waals surface area contributed by atoms with E-state index in [1.54, 1.807) is 0 Å². The van der Waals surface area contributed by atoms with E-state index in [-0.39, 0.29) is 35.5 Å². The van der Waals surface area contributed by atoms with Gasteiger partial charge >= 0.3 is 0 Å². The highest BCUT2D eigenvalue weighted by atomic mass is 35.5. The van der Waals surface area contributed by atoms with E-state index in [1.807, 2.05) is 0 Å². The molecule has 1 aliphatic rings. The molecule has 2 N–H and O–H groups in total. The number of halogens is 4. The fraction of sp³-hybridized carbons (Fsp3) is 0.261. The maximum Gasteiger partial charge on any atom is 0.246 e. The van der Waals surface area contributed by atoms with Crippen LogP contribution in [0.2, 0.25) is 5.02 Å². The topological polar surface area (TPSA) is 87.6 Å². The first kappa shape index (κ1) is 25.1. The van der Waals surface area contributed by atoms with Crippen molar-refractivity contribution in [3.05, 3.63) is 59.9 Å². The SMILES string of the molecule is C=CC(=O)N1CCCC(F)C1.COc1cc2ncnc(Nc3ccc(F)c(Cl)c3F)c2cc1O. The van der Waals surface area contributed by atoms with Crippen LogP contribution in [0.4, 0.5) is 24.7 Å². The van der Waals surface area contributed by atoms with Crippen LogP contribution < -0.4 is 10.1 Å². The number of phenolic OH excluding ortho intramolecular Hbond substituents is 1. The second-order valence-electron chi connectivity index (χ2n) is 7.34. The van der Waals surface area contributed by atoms with Gasteiger partial charge in [-0.05, 0) is 37.1 Å². The summed E-state index contributed by atoms with van der Waals surface area (Å²) < 4.78 is 44.9. The van der Waals surface area contributed by atoms with E-state index in [0.29, 0.717) is 23.9 Å². The van der Waals surface area contributed by atoms with Gasteiger partial charge in [-0.1, -0.05) is 18.2 Å².